The predicted molar refractivity (Wildman–Crippen MR) is 35.6 cm³/mol. The van der Waals surface area contributed by atoms with Gasteiger partial charge in [0.1, 0.15) is 0 Å². The molecular weight excluding hydrogens is 141 g/mol. The molecule has 5 heteroatoms. The van der Waals surface area contributed by atoms with Gasteiger partial charge in [-0.2, -0.15) is 5.48 Å². The van der Waals surface area contributed by atoms with Crippen LogP contribution in [0.3, 0.4) is 0 Å². The number of carboxylic acids is 1. The topological polar surface area (TPSA) is 58.6 Å². The fourth-order valence-electron chi connectivity index (χ4n) is 0.260. The average molecular weight is 151 g/mol. The summed E-state index contributed by atoms with van der Waals surface area (Å²) in [6.45, 7) is 1.91. The van der Waals surface area contributed by atoms with Gasteiger partial charge in [0, 0.05) is 16.0 Å². The van der Waals surface area contributed by atoms with Crippen molar-refractivity contribution in [2.24, 2.45) is 5.92 Å². The molecule has 0 aliphatic carbocycles. The molecule has 2 atom stereocenters. The van der Waals surface area contributed by atoms with Gasteiger partial charge in [-0.05, 0) is 0 Å². The first-order valence-electron chi connectivity index (χ1n) is 2.50. The van der Waals surface area contributed by atoms with Gasteiger partial charge in [-0.3, -0.25) is 9.42 Å². The molecule has 0 saturated carbocycles. The van der Waals surface area contributed by atoms with Gasteiger partial charge in [-0.15, -0.1) is 0 Å². The molecule has 0 aliphatic rings. The van der Waals surface area contributed by atoms with Crippen molar-refractivity contribution in [2.75, 3.05) is 6.54 Å². The number of aliphatic carboxylic acids is 1. The van der Waals surface area contributed by atoms with Gasteiger partial charge in [-0.1, -0.05) is 6.92 Å². The number of nitrogens with one attached hydrogen (secondary N) is 1. The van der Waals surface area contributed by atoms with Crippen LogP contribution >= 0.6 is 9.47 Å². The quantitative estimate of drug-likeness (QED) is 0.439. The molecule has 0 rings (SSSR count). The number of hydroxylamine groups is 1. The molecule has 0 heterocycles. The third-order valence-corrected chi connectivity index (χ3v) is 1.06. The first-order chi connectivity index (χ1) is 4.18. The molecule has 0 radical (unpaired) electrons. The second kappa shape index (κ2) is 4.68. The second-order valence-corrected chi connectivity index (χ2v) is 1.94. The van der Waals surface area contributed by atoms with Gasteiger partial charge >= 0.3 is 5.97 Å². The van der Waals surface area contributed by atoms with Crippen LogP contribution in [0.25, 0.3) is 0 Å². The lowest BCUT2D eigenvalue weighted by molar-refractivity contribution is -0.141. The van der Waals surface area contributed by atoms with Gasteiger partial charge < -0.3 is 5.11 Å². The summed E-state index contributed by atoms with van der Waals surface area (Å²) in [5.74, 6) is -1.24. The van der Waals surface area contributed by atoms with Gasteiger partial charge in [0.05, 0.1) is 5.92 Å². The Morgan fingerprint density at radius 1 is 2.00 bits per heavy atom. The number of hydrogen-bond donors (Lipinski definition) is 2. The normalized spacial score (nSPS) is 13.1. The van der Waals surface area contributed by atoms with Crippen LogP contribution in [-0.2, 0) is 9.42 Å². The zero-order chi connectivity index (χ0) is 7.28. The van der Waals surface area contributed by atoms with E-state index in [-0.39, 0.29) is 0 Å². The Labute approximate surface area is 55.8 Å². The van der Waals surface area contributed by atoms with Crippen LogP contribution in [0, 0.1) is 5.92 Å². The van der Waals surface area contributed by atoms with Crippen molar-refractivity contribution >= 4 is 15.4 Å². The lowest BCUT2D eigenvalue weighted by Crippen LogP contribution is -2.23. The number of carboxylic acid groups (broad SMARTS) is 1. The predicted octanol–water partition coefficient (Wildman–Crippen LogP) is 0.0184. The highest BCUT2D eigenvalue weighted by Crippen LogP contribution is 1.91. The van der Waals surface area contributed by atoms with Crippen LogP contribution < -0.4 is 5.48 Å². The molecule has 0 aliphatic heterocycles. The Morgan fingerprint density at radius 3 is 2.89 bits per heavy atom. The Bertz CT molecular complexity index is 97.8. The van der Waals surface area contributed by atoms with Crippen molar-refractivity contribution in [2.45, 2.75) is 6.92 Å². The summed E-state index contributed by atoms with van der Waals surface area (Å²) in [6, 6.07) is 0. The molecular formula is C4H10NO3P. The maximum atomic E-state index is 10.1. The monoisotopic (exact) mass is 151 g/mol. The fraction of sp³-hybridized carbons (Fsp3) is 0.750. The van der Waals surface area contributed by atoms with Crippen LogP contribution in [-0.4, -0.2) is 17.6 Å². The molecule has 4 nitrogen and oxygen atoms in total. The third-order valence-electron chi connectivity index (χ3n) is 0.894. The molecule has 0 amide bonds. The van der Waals surface area contributed by atoms with E-state index in [1.165, 1.54) is 0 Å². The van der Waals surface area contributed by atoms with E-state index in [0.29, 0.717) is 6.54 Å². The first kappa shape index (κ1) is 8.82. The molecule has 2 N–H and O–H groups in total. The van der Waals surface area contributed by atoms with Crippen LogP contribution in [0.1, 0.15) is 6.92 Å². The Morgan fingerprint density at radius 2 is 2.56 bits per heavy atom. The summed E-state index contributed by atoms with van der Waals surface area (Å²) >= 11 is 0. The van der Waals surface area contributed by atoms with Crippen molar-refractivity contribution in [3.05, 3.63) is 0 Å². The Kier molecular flexibility index (Phi) is 4.58. The van der Waals surface area contributed by atoms with E-state index in [0.717, 1.165) is 0 Å². The molecule has 54 valence electrons. The van der Waals surface area contributed by atoms with Crippen molar-refractivity contribution in [3.8, 4) is 0 Å². The lowest BCUT2D eigenvalue weighted by Gasteiger charge is -2.04. The standard InChI is InChI=1S/C4H10NO3P/c1-3(4(6)7)2-5-8-9/h3,5H,2,9H2,1H3,(H,6,7). The zero-order valence-electron chi connectivity index (χ0n) is 5.13. The van der Waals surface area contributed by atoms with Crippen LogP contribution in [0.4, 0.5) is 0 Å². The largest absolute Gasteiger partial charge is 0.481 e. The zero-order valence-corrected chi connectivity index (χ0v) is 6.28. The minimum Gasteiger partial charge on any atom is -0.481 e. The molecule has 9 heavy (non-hydrogen) atoms. The van der Waals surface area contributed by atoms with Crippen molar-refractivity contribution in [3.63, 3.8) is 0 Å². The summed E-state index contributed by atoms with van der Waals surface area (Å²) in [4.78, 5) is 10.1. The van der Waals surface area contributed by atoms with E-state index < -0.39 is 11.9 Å². The summed E-state index contributed by atoms with van der Waals surface area (Å²) in [5.41, 5.74) is 2.41. The highest BCUT2D eigenvalue weighted by Gasteiger charge is 2.08. The molecule has 0 aromatic carbocycles. The van der Waals surface area contributed by atoms with E-state index in [1.807, 2.05) is 9.47 Å². The summed E-state index contributed by atoms with van der Waals surface area (Å²) < 4.78 is 4.37. The van der Waals surface area contributed by atoms with E-state index in [4.69, 9.17) is 5.11 Å². The lowest BCUT2D eigenvalue weighted by atomic mass is 10.2. The van der Waals surface area contributed by atoms with E-state index in [1.54, 1.807) is 6.92 Å². The minimum absolute atomic E-state index is 0.318. The van der Waals surface area contributed by atoms with E-state index in [9.17, 15) is 4.79 Å². The maximum absolute atomic E-state index is 10.1. The van der Waals surface area contributed by atoms with Crippen LogP contribution in [0.5, 0.6) is 0 Å². The summed E-state index contributed by atoms with van der Waals surface area (Å²) in [6.07, 6.45) is 0. The van der Waals surface area contributed by atoms with Crippen molar-refractivity contribution in [1.29, 1.82) is 0 Å². The number of rotatable bonds is 4. The number of hydrogen-bond acceptors (Lipinski definition) is 3. The highest BCUT2D eigenvalue weighted by molar-refractivity contribution is 7.09. The second-order valence-electron chi connectivity index (χ2n) is 1.71. The molecule has 0 spiro atoms. The van der Waals surface area contributed by atoms with Crippen LogP contribution in [0.2, 0.25) is 0 Å². The summed E-state index contributed by atoms with van der Waals surface area (Å²) in [5, 5.41) is 8.31. The molecule has 0 fully saturated rings. The fourth-order valence-corrected chi connectivity index (χ4v) is 0.357. The smallest absolute Gasteiger partial charge is 0.307 e. The van der Waals surface area contributed by atoms with Gasteiger partial charge in [0.15, 0.2) is 0 Å². The van der Waals surface area contributed by atoms with E-state index in [2.05, 4.69) is 10.1 Å². The van der Waals surface area contributed by atoms with Gasteiger partial charge in [0.25, 0.3) is 0 Å². The third kappa shape index (κ3) is 4.33. The number of carbonyl (C=O) groups is 1. The molecule has 0 aromatic rings. The van der Waals surface area contributed by atoms with Crippen molar-refractivity contribution in [1.82, 2.24) is 5.48 Å². The minimum atomic E-state index is -0.829. The SMILES string of the molecule is CC(CNOP)C(=O)O. The Hall–Kier alpha value is -0.180. The highest BCUT2D eigenvalue weighted by atomic mass is 31.0. The van der Waals surface area contributed by atoms with E-state index >= 15 is 0 Å². The molecule has 0 saturated heterocycles. The molecule has 0 bridgehead atoms. The molecule has 0 aromatic heterocycles. The van der Waals surface area contributed by atoms with Crippen molar-refractivity contribution < 1.29 is 14.5 Å². The Balaban J connectivity index is 3.27. The maximum Gasteiger partial charge on any atom is 0.307 e. The van der Waals surface area contributed by atoms with Crippen LogP contribution in [0.15, 0.2) is 0 Å². The van der Waals surface area contributed by atoms with Gasteiger partial charge in [-0.25, -0.2) is 0 Å². The average Bonchev–Trinajstić information content (AvgIpc) is 1.82. The summed E-state index contributed by atoms with van der Waals surface area (Å²) in [7, 11) is 1.97. The molecule has 2 unspecified atom stereocenters. The first-order valence-corrected chi connectivity index (χ1v) is 2.97. The van der Waals surface area contributed by atoms with Gasteiger partial charge in [0.2, 0.25) is 0 Å².